The third-order valence-electron chi connectivity index (χ3n) is 5.50. The molecule has 6 heteroatoms. The molecule has 2 aliphatic heterocycles. The summed E-state index contributed by atoms with van der Waals surface area (Å²) in [7, 11) is 5.07. The van der Waals surface area contributed by atoms with E-state index in [-0.39, 0.29) is 12.4 Å². The van der Waals surface area contributed by atoms with Crippen LogP contribution in [0.15, 0.2) is 12.1 Å². The number of benzene rings is 1. The van der Waals surface area contributed by atoms with Crippen LogP contribution in [0.3, 0.4) is 0 Å². The molecule has 1 aromatic carbocycles. The Bertz CT molecular complexity index is 516. The lowest BCUT2D eigenvalue weighted by Crippen LogP contribution is -2.40. The molecule has 3 rings (SSSR count). The van der Waals surface area contributed by atoms with Crippen LogP contribution < -0.4 is 19.5 Å². The molecule has 25 heavy (non-hydrogen) atoms. The average Bonchev–Trinajstić information content (AvgIpc) is 3.17. The summed E-state index contributed by atoms with van der Waals surface area (Å²) in [5.41, 5.74) is 1.11. The first kappa shape index (κ1) is 20.1. The van der Waals surface area contributed by atoms with E-state index in [0.717, 1.165) is 54.4 Å². The largest absolute Gasteiger partial charge is 0.496 e. The smallest absolute Gasteiger partial charge is 0.130 e. The molecule has 1 unspecified atom stereocenters. The first-order valence-corrected chi connectivity index (χ1v) is 8.99. The molecule has 1 N–H and O–H groups in total. The van der Waals surface area contributed by atoms with E-state index < -0.39 is 0 Å². The summed E-state index contributed by atoms with van der Waals surface area (Å²) in [5.74, 6) is 3.28. The third-order valence-corrected chi connectivity index (χ3v) is 5.50. The number of piperidine rings is 1. The molecule has 0 radical (unpaired) electrons. The number of nitrogens with zero attached hydrogens (tertiary/aromatic N) is 1. The van der Waals surface area contributed by atoms with Gasteiger partial charge < -0.3 is 19.5 Å². The van der Waals surface area contributed by atoms with Crippen molar-refractivity contribution in [3.05, 3.63) is 17.7 Å². The second-order valence-electron chi connectivity index (χ2n) is 6.83. The van der Waals surface area contributed by atoms with Gasteiger partial charge in [0.05, 0.1) is 26.9 Å². The zero-order chi connectivity index (χ0) is 16.9. The van der Waals surface area contributed by atoms with Crippen molar-refractivity contribution in [3.8, 4) is 17.2 Å². The van der Waals surface area contributed by atoms with Gasteiger partial charge in [-0.3, -0.25) is 4.90 Å². The van der Waals surface area contributed by atoms with Gasteiger partial charge in [-0.25, -0.2) is 0 Å². The van der Waals surface area contributed by atoms with E-state index in [1.54, 1.807) is 21.3 Å². The number of likely N-dealkylation sites (tertiary alicyclic amines) is 1. The van der Waals surface area contributed by atoms with Crippen molar-refractivity contribution in [2.45, 2.75) is 38.3 Å². The monoisotopic (exact) mass is 370 g/mol. The Kier molecular flexibility index (Phi) is 7.66. The van der Waals surface area contributed by atoms with Crippen molar-refractivity contribution in [2.75, 3.05) is 41.0 Å². The fourth-order valence-electron chi connectivity index (χ4n) is 4.08. The van der Waals surface area contributed by atoms with Crippen LogP contribution >= 0.6 is 12.4 Å². The Balaban J connectivity index is 0.00000225. The minimum atomic E-state index is 0. The molecule has 2 fully saturated rings. The van der Waals surface area contributed by atoms with Gasteiger partial charge in [-0.2, -0.15) is 0 Å². The maximum atomic E-state index is 5.58. The Labute approximate surface area is 157 Å². The SMILES string of the molecule is COc1cc(OC)c(CN2CCC(C3CCCN3)CC2)c(OC)c1.Cl. The Morgan fingerprint density at radius 3 is 2.12 bits per heavy atom. The van der Waals surface area contributed by atoms with Crippen LogP contribution in [0.1, 0.15) is 31.2 Å². The highest BCUT2D eigenvalue weighted by Gasteiger charge is 2.29. The summed E-state index contributed by atoms with van der Waals surface area (Å²) in [6.45, 7) is 4.34. The number of rotatable bonds is 6. The summed E-state index contributed by atoms with van der Waals surface area (Å²) < 4.78 is 16.5. The van der Waals surface area contributed by atoms with Gasteiger partial charge in [0.25, 0.3) is 0 Å². The van der Waals surface area contributed by atoms with E-state index in [9.17, 15) is 0 Å². The standard InChI is InChI=1S/C19H30N2O3.ClH/c1-22-15-11-18(23-2)16(19(12-15)24-3)13-21-9-6-14(7-10-21)17-5-4-8-20-17;/h11-12,14,17,20H,4-10,13H2,1-3H3;1H. The van der Waals surface area contributed by atoms with Crippen molar-refractivity contribution >= 4 is 12.4 Å². The second kappa shape index (κ2) is 9.51. The van der Waals surface area contributed by atoms with Gasteiger partial charge in [-0.05, 0) is 51.2 Å². The Hall–Kier alpha value is -1.17. The highest BCUT2D eigenvalue weighted by Crippen LogP contribution is 2.36. The predicted octanol–water partition coefficient (Wildman–Crippen LogP) is 3.10. The lowest BCUT2D eigenvalue weighted by Gasteiger charge is -2.35. The molecule has 0 spiro atoms. The Morgan fingerprint density at radius 2 is 1.64 bits per heavy atom. The molecular formula is C19H31ClN2O3. The van der Waals surface area contributed by atoms with Gasteiger partial charge >= 0.3 is 0 Å². The molecule has 1 atom stereocenters. The summed E-state index contributed by atoms with van der Waals surface area (Å²) in [6, 6.07) is 4.62. The van der Waals surface area contributed by atoms with Gasteiger partial charge in [0, 0.05) is 24.7 Å². The van der Waals surface area contributed by atoms with Gasteiger partial charge in [-0.1, -0.05) is 0 Å². The summed E-state index contributed by atoms with van der Waals surface area (Å²) >= 11 is 0. The van der Waals surface area contributed by atoms with Gasteiger partial charge in [0.2, 0.25) is 0 Å². The topological polar surface area (TPSA) is 43.0 Å². The van der Waals surface area contributed by atoms with Crippen molar-refractivity contribution in [2.24, 2.45) is 5.92 Å². The zero-order valence-electron chi connectivity index (χ0n) is 15.5. The average molecular weight is 371 g/mol. The van der Waals surface area contributed by atoms with Gasteiger partial charge in [0.1, 0.15) is 17.2 Å². The lowest BCUT2D eigenvalue weighted by atomic mass is 9.88. The van der Waals surface area contributed by atoms with Crippen molar-refractivity contribution < 1.29 is 14.2 Å². The van der Waals surface area contributed by atoms with E-state index in [1.165, 1.54) is 32.2 Å². The van der Waals surface area contributed by atoms with E-state index in [0.29, 0.717) is 0 Å². The van der Waals surface area contributed by atoms with Gasteiger partial charge in [-0.15, -0.1) is 12.4 Å². The molecule has 142 valence electrons. The Morgan fingerprint density at radius 1 is 1.00 bits per heavy atom. The van der Waals surface area contributed by atoms with E-state index >= 15 is 0 Å². The summed E-state index contributed by atoms with van der Waals surface area (Å²) in [4.78, 5) is 2.51. The molecule has 0 aliphatic carbocycles. The molecule has 2 saturated heterocycles. The molecular weight excluding hydrogens is 340 g/mol. The molecule has 0 bridgehead atoms. The molecule has 1 aromatic rings. The quantitative estimate of drug-likeness (QED) is 0.833. The summed E-state index contributed by atoms with van der Waals surface area (Å²) in [6.07, 6.45) is 5.24. The van der Waals surface area contributed by atoms with Crippen molar-refractivity contribution in [1.29, 1.82) is 0 Å². The van der Waals surface area contributed by atoms with Crippen LogP contribution in [0.2, 0.25) is 0 Å². The van der Waals surface area contributed by atoms with Crippen molar-refractivity contribution in [3.63, 3.8) is 0 Å². The third kappa shape index (κ3) is 4.72. The number of halogens is 1. The fourth-order valence-corrected chi connectivity index (χ4v) is 4.08. The minimum Gasteiger partial charge on any atom is -0.496 e. The maximum Gasteiger partial charge on any atom is 0.130 e. The predicted molar refractivity (Wildman–Crippen MR) is 102 cm³/mol. The van der Waals surface area contributed by atoms with Gasteiger partial charge in [0.15, 0.2) is 0 Å². The van der Waals surface area contributed by atoms with Crippen molar-refractivity contribution in [1.82, 2.24) is 10.2 Å². The van der Waals surface area contributed by atoms with Crippen LogP contribution in [0.5, 0.6) is 17.2 Å². The number of hydrogen-bond acceptors (Lipinski definition) is 5. The maximum absolute atomic E-state index is 5.58. The number of ether oxygens (including phenoxy) is 3. The zero-order valence-corrected chi connectivity index (χ0v) is 16.4. The minimum absolute atomic E-state index is 0. The fraction of sp³-hybridized carbons (Fsp3) is 0.684. The molecule has 2 aliphatic rings. The highest BCUT2D eigenvalue weighted by molar-refractivity contribution is 5.85. The molecule has 0 saturated carbocycles. The number of hydrogen-bond donors (Lipinski definition) is 1. The number of methoxy groups -OCH3 is 3. The van der Waals surface area contributed by atoms with Crippen LogP contribution in [0.25, 0.3) is 0 Å². The highest BCUT2D eigenvalue weighted by atomic mass is 35.5. The molecule has 2 heterocycles. The van der Waals surface area contributed by atoms with E-state index in [2.05, 4.69) is 10.2 Å². The molecule has 0 aromatic heterocycles. The van der Waals surface area contributed by atoms with E-state index in [1.807, 2.05) is 12.1 Å². The van der Waals surface area contributed by atoms with Crippen LogP contribution in [0, 0.1) is 5.92 Å². The first-order valence-electron chi connectivity index (χ1n) is 8.99. The first-order chi connectivity index (χ1) is 11.7. The van der Waals surface area contributed by atoms with Crippen LogP contribution in [-0.2, 0) is 6.54 Å². The van der Waals surface area contributed by atoms with Crippen LogP contribution in [0.4, 0.5) is 0 Å². The molecule has 0 amide bonds. The normalized spacial score (nSPS) is 21.6. The second-order valence-corrected chi connectivity index (χ2v) is 6.83. The summed E-state index contributed by atoms with van der Waals surface area (Å²) in [5, 5.41) is 3.67. The number of nitrogens with one attached hydrogen (secondary N) is 1. The lowest BCUT2D eigenvalue weighted by molar-refractivity contribution is 0.155. The molecule has 5 nitrogen and oxygen atoms in total. The van der Waals surface area contributed by atoms with Crippen LogP contribution in [-0.4, -0.2) is 51.9 Å². The van der Waals surface area contributed by atoms with E-state index in [4.69, 9.17) is 14.2 Å².